The number of rotatable bonds is 18. The number of carboxylic acid groups (broad SMARTS) is 2. The fourth-order valence-corrected chi connectivity index (χ4v) is 3.25. The lowest BCUT2D eigenvalue weighted by molar-refractivity contribution is -0.147. The van der Waals surface area contributed by atoms with Gasteiger partial charge in [-0.2, -0.15) is 0 Å². The summed E-state index contributed by atoms with van der Waals surface area (Å²) in [4.78, 5) is 21.8. The molecule has 0 aliphatic rings. The number of hydrogen-bond acceptors (Lipinski definition) is 2. The van der Waals surface area contributed by atoms with E-state index in [-0.39, 0.29) is 6.42 Å². The molecule has 0 spiro atoms. The van der Waals surface area contributed by atoms with Crippen LogP contribution in [0.15, 0.2) is 12.2 Å². The van der Waals surface area contributed by atoms with Gasteiger partial charge in [0.2, 0.25) is 0 Å². The van der Waals surface area contributed by atoms with Crippen LogP contribution in [0.1, 0.15) is 104 Å². The number of carbonyl (C=O) groups is 2. The summed E-state index contributed by atoms with van der Waals surface area (Å²) in [7, 11) is 0. The van der Waals surface area contributed by atoms with E-state index >= 15 is 0 Å². The van der Waals surface area contributed by atoms with Gasteiger partial charge >= 0.3 is 11.9 Å². The maximum atomic E-state index is 11.1. The zero-order valence-electron chi connectivity index (χ0n) is 17.0. The van der Waals surface area contributed by atoms with Crippen molar-refractivity contribution in [2.75, 3.05) is 0 Å². The number of aliphatic carboxylic acids is 2. The van der Waals surface area contributed by atoms with Crippen molar-refractivity contribution in [2.24, 2.45) is 11.8 Å². The van der Waals surface area contributed by atoms with E-state index in [2.05, 4.69) is 20.4 Å². The minimum Gasteiger partial charge on any atom is -0.481 e. The molecule has 0 aliphatic carbocycles. The van der Waals surface area contributed by atoms with Gasteiger partial charge in [-0.15, -0.1) is 0 Å². The topological polar surface area (TPSA) is 74.6 Å². The average Bonchev–Trinajstić information content (AvgIpc) is 2.55. The van der Waals surface area contributed by atoms with Crippen molar-refractivity contribution in [1.29, 1.82) is 0 Å². The molecular weight excluding hydrogens is 328 g/mol. The van der Waals surface area contributed by atoms with Gasteiger partial charge in [0.25, 0.3) is 0 Å². The molecule has 4 heteroatoms. The van der Waals surface area contributed by atoms with Crippen LogP contribution in [-0.4, -0.2) is 22.2 Å². The first-order valence-corrected chi connectivity index (χ1v) is 10.5. The first kappa shape index (κ1) is 24.7. The Balaban J connectivity index is 3.48. The van der Waals surface area contributed by atoms with E-state index in [0.29, 0.717) is 12.0 Å². The second kappa shape index (κ2) is 15.9. The summed E-state index contributed by atoms with van der Waals surface area (Å²) in [6.45, 7) is 8.36. The molecule has 0 fully saturated rings. The highest BCUT2D eigenvalue weighted by Gasteiger charge is 2.23. The van der Waals surface area contributed by atoms with Crippen LogP contribution >= 0.6 is 0 Å². The van der Waals surface area contributed by atoms with Gasteiger partial charge in [-0.3, -0.25) is 9.59 Å². The third-order valence-electron chi connectivity index (χ3n) is 4.95. The van der Waals surface area contributed by atoms with Crippen molar-refractivity contribution in [3.05, 3.63) is 12.2 Å². The van der Waals surface area contributed by atoms with Crippen LogP contribution in [0.3, 0.4) is 0 Å². The molecule has 152 valence electrons. The van der Waals surface area contributed by atoms with E-state index in [1.165, 1.54) is 64.2 Å². The normalized spacial score (nSPS) is 12.3. The molecular formula is C22H40O4. The Morgan fingerprint density at radius 3 is 1.58 bits per heavy atom. The largest absolute Gasteiger partial charge is 0.481 e. The van der Waals surface area contributed by atoms with E-state index in [1.54, 1.807) is 0 Å². The SMILES string of the molecule is C=C(CCCCCCCCCCCCCC(C)C)C(CC(=O)O)C(=O)O. The Hall–Kier alpha value is -1.32. The zero-order chi connectivity index (χ0) is 19.8. The molecule has 0 aromatic heterocycles. The maximum absolute atomic E-state index is 11.1. The molecule has 0 saturated heterocycles. The smallest absolute Gasteiger partial charge is 0.311 e. The van der Waals surface area contributed by atoms with Crippen LogP contribution in [0.5, 0.6) is 0 Å². The molecule has 0 amide bonds. The molecule has 0 bridgehead atoms. The predicted molar refractivity (Wildman–Crippen MR) is 107 cm³/mol. The monoisotopic (exact) mass is 368 g/mol. The Kier molecular flexibility index (Phi) is 15.1. The molecule has 1 unspecified atom stereocenters. The fourth-order valence-electron chi connectivity index (χ4n) is 3.25. The Morgan fingerprint density at radius 2 is 1.19 bits per heavy atom. The molecule has 2 N–H and O–H groups in total. The van der Waals surface area contributed by atoms with Crippen molar-refractivity contribution < 1.29 is 19.8 Å². The van der Waals surface area contributed by atoms with Gasteiger partial charge in [0.15, 0.2) is 0 Å². The Labute approximate surface area is 160 Å². The second-order valence-electron chi connectivity index (χ2n) is 7.97. The quantitative estimate of drug-likeness (QED) is 0.215. The van der Waals surface area contributed by atoms with Crippen LogP contribution in [-0.2, 0) is 9.59 Å². The first-order chi connectivity index (χ1) is 12.3. The van der Waals surface area contributed by atoms with Crippen molar-refractivity contribution >= 4 is 11.9 Å². The molecule has 0 aromatic carbocycles. The fraction of sp³-hybridized carbons (Fsp3) is 0.818. The third kappa shape index (κ3) is 15.0. The van der Waals surface area contributed by atoms with Crippen LogP contribution < -0.4 is 0 Å². The van der Waals surface area contributed by atoms with Crippen molar-refractivity contribution in [2.45, 2.75) is 104 Å². The predicted octanol–water partition coefficient (Wildman–Crippen LogP) is 6.45. The Morgan fingerprint density at radius 1 is 0.769 bits per heavy atom. The summed E-state index contributed by atoms with van der Waals surface area (Å²) >= 11 is 0. The summed E-state index contributed by atoms with van der Waals surface area (Å²) in [5.74, 6) is -2.28. The van der Waals surface area contributed by atoms with E-state index in [4.69, 9.17) is 10.2 Å². The van der Waals surface area contributed by atoms with Crippen molar-refractivity contribution in [1.82, 2.24) is 0 Å². The van der Waals surface area contributed by atoms with Gasteiger partial charge in [-0.05, 0) is 18.8 Å². The highest BCUT2D eigenvalue weighted by Crippen LogP contribution is 2.21. The second-order valence-corrected chi connectivity index (χ2v) is 7.97. The molecule has 26 heavy (non-hydrogen) atoms. The summed E-state index contributed by atoms with van der Waals surface area (Å²) in [5.41, 5.74) is 0.539. The summed E-state index contributed by atoms with van der Waals surface area (Å²) < 4.78 is 0. The van der Waals surface area contributed by atoms with Crippen molar-refractivity contribution in [3.8, 4) is 0 Å². The van der Waals surface area contributed by atoms with Gasteiger partial charge in [-0.25, -0.2) is 0 Å². The number of carboxylic acids is 2. The van der Waals surface area contributed by atoms with E-state index in [0.717, 1.165) is 18.8 Å². The molecule has 0 rings (SSSR count). The molecule has 4 nitrogen and oxygen atoms in total. The molecule has 0 radical (unpaired) electrons. The summed E-state index contributed by atoms with van der Waals surface area (Å²) in [6.07, 6.45) is 15.4. The number of hydrogen-bond donors (Lipinski definition) is 2. The average molecular weight is 369 g/mol. The van der Waals surface area contributed by atoms with E-state index in [9.17, 15) is 9.59 Å². The minimum atomic E-state index is -1.08. The van der Waals surface area contributed by atoms with Gasteiger partial charge in [0, 0.05) is 0 Å². The van der Waals surface area contributed by atoms with Gasteiger partial charge in [-0.1, -0.05) is 96.6 Å². The van der Waals surface area contributed by atoms with Crippen molar-refractivity contribution in [3.63, 3.8) is 0 Å². The van der Waals surface area contributed by atoms with E-state index < -0.39 is 17.9 Å². The molecule has 0 aromatic rings. The molecule has 0 aliphatic heterocycles. The summed E-state index contributed by atoms with van der Waals surface area (Å²) in [6, 6.07) is 0. The lowest BCUT2D eigenvalue weighted by atomic mass is 9.92. The summed E-state index contributed by atoms with van der Waals surface area (Å²) in [5, 5.41) is 17.9. The van der Waals surface area contributed by atoms with E-state index in [1.807, 2.05) is 0 Å². The lowest BCUT2D eigenvalue weighted by Crippen LogP contribution is -2.19. The van der Waals surface area contributed by atoms with Crippen LogP contribution in [0.2, 0.25) is 0 Å². The van der Waals surface area contributed by atoms with Crippen LogP contribution in [0, 0.1) is 11.8 Å². The minimum absolute atomic E-state index is 0.369. The third-order valence-corrected chi connectivity index (χ3v) is 4.95. The molecule has 0 saturated carbocycles. The van der Waals surface area contributed by atoms with Crippen LogP contribution in [0.4, 0.5) is 0 Å². The van der Waals surface area contributed by atoms with Crippen LogP contribution in [0.25, 0.3) is 0 Å². The lowest BCUT2D eigenvalue weighted by Gasteiger charge is -2.13. The van der Waals surface area contributed by atoms with Gasteiger partial charge in [0.05, 0.1) is 12.3 Å². The highest BCUT2D eigenvalue weighted by molar-refractivity contribution is 5.80. The molecule has 1 atom stereocenters. The van der Waals surface area contributed by atoms with Gasteiger partial charge in [0.1, 0.15) is 0 Å². The zero-order valence-corrected chi connectivity index (χ0v) is 17.0. The Bertz CT molecular complexity index is 401. The maximum Gasteiger partial charge on any atom is 0.311 e. The number of unbranched alkanes of at least 4 members (excludes halogenated alkanes) is 10. The standard InChI is InChI=1S/C22H40O4/c1-18(2)15-13-11-9-7-5-4-6-8-10-12-14-16-19(3)20(22(25)26)17-21(23)24/h18,20H,3-17H2,1-2H3,(H,23,24)(H,25,26). The highest BCUT2D eigenvalue weighted by atomic mass is 16.4. The van der Waals surface area contributed by atoms with Gasteiger partial charge < -0.3 is 10.2 Å². The molecule has 0 heterocycles. The first-order valence-electron chi connectivity index (χ1n) is 10.5.